The second kappa shape index (κ2) is 10.6. The van der Waals surface area contributed by atoms with Gasteiger partial charge in [-0.3, -0.25) is 14.3 Å². The number of pyridine rings is 1. The number of fused-ring (bicyclic) bond motifs is 1. The van der Waals surface area contributed by atoms with Crippen molar-refractivity contribution in [1.29, 1.82) is 0 Å². The summed E-state index contributed by atoms with van der Waals surface area (Å²) in [7, 11) is 0. The summed E-state index contributed by atoms with van der Waals surface area (Å²) in [4.78, 5) is 37.3. The Morgan fingerprint density at radius 3 is 2.42 bits per heavy atom. The Morgan fingerprint density at radius 2 is 1.76 bits per heavy atom. The Labute approximate surface area is 218 Å². The lowest BCUT2D eigenvalue weighted by molar-refractivity contribution is -0.186. The number of alkyl halides is 3. The van der Waals surface area contributed by atoms with Crippen molar-refractivity contribution in [3.8, 4) is 0 Å². The van der Waals surface area contributed by atoms with E-state index < -0.39 is 30.3 Å². The van der Waals surface area contributed by atoms with Gasteiger partial charge in [-0.25, -0.2) is 9.78 Å². The van der Waals surface area contributed by atoms with Crippen molar-refractivity contribution in [3.05, 3.63) is 93.4 Å². The quantitative estimate of drug-likeness (QED) is 0.467. The molecule has 7 nitrogen and oxygen atoms in total. The highest BCUT2D eigenvalue weighted by molar-refractivity contribution is 5.68. The van der Waals surface area contributed by atoms with Crippen LogP contribution in [0.3, 0.4) is 0 Å². The molecule has 1 amide bonds. The summed E-state index contributed by atoms with van der Waals surface area (Å²) in [6.07, 6.45) is -3.02. The number of aryl methyl sites for hydroxylation is 1. The van der Waals surface area contributed by atoms with E-state index in [1.165, 1.54) is 4.90 Å². The van der Waals surface area contributed by atoms with Gasteiger partial charge in [0.15, 0.2) is 0 Å². The van der Waals surface area contributed by atoms with Crippen LogP contribution in [0.15, 0.2) is 59.5 Å². The third-order valence-corrected chi connectivity index (χ3v) is 7.45. The van der Waals surface area contributed by atoms with E-state index in [2.05, 4.69) is 4.98 Å². The largest absolute Gasteiger partial charge is 0.446 e. The molecule has 5 rings (SSSR count). The minimum absolute atomic E-state index is 0.0383. The summed E-state index contributed by atoms with van der Waals surface area (Å²) in [6, 6.07) is 14.8. The molecule has 2 aliphatic rings. The number of hydrogen-bond donors (Lipinski definition) is 0. The van der Waals surface area contributed by atoms with Gasteiger partial charge in [0.05, 0.1) is 23.9 Å². The van der Waals surface area contributed by atoms with Crippen LogP contribution in [0.4, 0.5) is 18.0 Å². The Bertz CT molecular complexity index is 1300. The lowest BCUT2D eigenvalue weighted by Gasteiger charge is -2.33. The van der Waals surface area contributed by atoms with Gasteiger partial charge in [-0.05, 0) is 56.7 Å². The fourth-order valence-electron chi connectivity index (χ4n) is 5.43. The van der Waals surface area contributed by atoms with E-state index in [4.69, 9.17) is 9.72 Å². The van der Waals surface area contributed by atoms with Gasteiger partial charge in [0.1, 0.15) is 18.0 Å². The molecule has 2 aromatic heterocycles. The first kappa shape index (κ1) is 25.9. The lowest BCUT2D eigenvalue weighted by atomic mass is 9.87. The predicted molar refractivity (Wildman–Crippen MR) is 134 cm³/mol. The van der Waals surface area contributed by atoms with Crippen LogP contribution in [-0.4, -0.2) is 44.4 Å². The van der Waals surface area contributed by atoms with Gasteiger partial charge >= 0.3 is 12.3 Å². The van der Waals surface area contributed by atoms with Gasteiger partial charge in [0.25, 0.3) is 5.56 Å². The van der Waals surface area contributed by atoms with Gasteiger partial charge in [0, 0.05) is 18.3 Å². The highest BCUT2D eigenvalue weighted by Crippen LogP contribution is 2.38. The first-order valence-electron chi connectivity index (χ1n) is 12.8. The number of nitrogens with zero attached hydrogens (tertiary/aromatic N) is 4. The van der Waals surface area contributed by atoms with Crippen molar-refractivity contribution in [2.75, 3.05) is 6.54 Å². The van der Waals surface area contributed by atoms with Gasteiger partial charge in [-0.15, -0.1) is 0 Å². The third-order valence-electron chi connectivity index (χ3n) is 7.45. The fraction of sp³-hybridized carbons (Fsp3) is 0.429. The molecule has 38 heavy (non-hydrogen) atoms. The van der Waals surface area contributed by atoms with Crippen LogP contribution >= 0.6 is 0 Å². The number of carbonyl (C=O) groups excluding carboxylic acids is 1. The van der Waals surface area contributed by atoms with Crippen molar-refractivity contribution in [1.82, 2.24) is 19.4 Å². The van der Waals surface area contributed by atoms with Gasteiger partial charge < -0.3 is 9.64 Å². The number of carbonyl (C=O) groups is 1. The van der Waals surface area contributed by atoms with Crippen LogP contribution < -0.4 is 5.56 Å². The maximum Gasteiger partial charge on any atom is 0.410 e. The molecule has 200 valence electrons. The molecule has 3 heterocycles. The second-order valence-corrected chi connectivity index (χ2v) is 9.90. The highest BCUT2D eigenvalue weighted by Gasteiger charge is 2.42. The second-order valence-electron chi connectivity index (χ2n) is 9.90. The van der Waals surface area contributed by atoms with Gasteiger partial charge in [-0.1, -0.05) is 36.4 Å². The molecular weight excluding hydrogens is 497 g/mol. The van der Waals surface area contributed by atoms with E-state index in [0.29, 0.717) is 29.2 Å². The Hall–Kier alpha value is -3.69. The van der Waals surface area contributed by atoms with Crippen LogP contribution in [-0.2, 0) is 17.7 Å². The monoisotopic (exact) mass is 526 g/mol. The zero-order chi connectivity index (χ0) is 26.9. The molecule has 3 aromatic rings. The highest BCUT2D eigenvalue weighted by atomic mass is 19.4. The Morgan fingerprint density at radius 1 is 1.05 bits per heavy atom. The molecule has 0 bridgehead atoms. The van der Waals surface area contributed by atoms with Crippen LogP contribution in [0.25, 0.3) is 0 Å². The normalized spacial score (nSPS) is 20.5. The molecule has 0 saturated heterocycles. The number of ether oxygens (including phenoxy) is 1. The van der Waals surface area contributed by atoms with Gasteiger partial charge in [-0.2, -0.15) is 13.2 Å². The summed E-state index contributed by atoms with van der Waals surface area (Å²) >= 11 is 0. The first-order chi connectivity index (χ1) is 18.2. The SMILES string of the molecule is Cc1nc2c(c(=O)n1C(c1ccccc1)c1ccccn1)CCN(C(=O)OC1CCC(C(F)(F)F)CC1)C2. The van der Waals surface area contributed by atoms with Crippen LogP contribution in [0, 0.1) is 12.8 Å². The zero-order valence-electron chi connectivity index (χ0n) is 21.0. The average molecular weight is 527 g/mol. The first-order valence-corrected chi connectivity index (χ1v) is 12.8. The topological polar surface area (TPSA) is 77.3 Å². The smallest absolute Gasteiger partial charge is 0.410 e. The molecule has 1 aromatic carbocycles. The third kappa shape index (κ3) is 5.30. The van der Waals surface area contributed by atoms with E-state index >= 15 is 0 Å². The van der Waals surface area contributed by atoms with E-state index in [-0.39, 0.29) is 44.3 Å². The molecule has 1 aliphatic heterocycles. The van der Waals surface area contributed by atoms with E-state index in [0.717, 1.165) is 5.56 Å². The summed E-state index contributed by atoms with van der Waals surface area (Å²) in [5, 5.41) is 0. The molecule has 0 spiro atoms. The average Bonchev–Trinajstić information content (AvgIpc) is 2.91. The van der Waals surface area contributed by atoms with E-state index in [1.807, 2.05) is 48.5 Å². The van der Waals surface area contributed by atoms with Crippen molar-refractivity contribution in [2.45, 2.75) is 63.9 Å². The number of rotatable bonds is 4. The molecule has 1 atom stereocenters. The molecule has 0 N–H and O–H groups in total. The lowest BCUT2D eigenvalue weighted by Crippen LogP contribution is -2.43. The summed E-state index contributed by atoms with van der Waals surface area (Å²) < 4.78 is 46.0. The molecule has 1 fully saturated rings. The maximum absolute atomic E-state index is 13.8. The maximum atomic E-state index is 13.8. The van der Waals surface area contributed by atoms with Crippen LogP contribution in [0.2, 0.25) is 0 Å². The molecule has 1 unspecified atom stereocenters. The van der Waals surface area contributed by atoms with Crippen molar-refractivity contribution < 1.29 is 22.7 Å². The molecule has 0 radical (unpaired) electrons. The van der Waals surface area contributed by atoms with E-state index in [9.17, 15) is 22.8 Å². The zero-order valence-corrected chi connectivity index (χ0v) is 21.0. The standard InChI is InChI=1S/C28H29F3N4O3/c1-18-33-24-17-34(27(37)38-21-12-10-20(11-13-21)28(29,30)31)16-14-22(24)26(36)35(18)25(19-7-3-2-4-8-19)23-9-5-6-15-32-23/h2-9,15,20-21,25H,10-14,16-17H2,1H3. The summed E-state index contributed by atoms with van der Waals surface area (Å²) in [5.41, 5.74) is 2.50. The minimum Gasteiger partial charge on any atom is -0.446 e. The minimum atomic E-state index is -4.21. The fourth-order valence-corrected chi connectivity index (χ4v) is 5.43. The van der Waals surface area contributed by atoms with Crippen LogP contribution in [0.1, 0.15) is 60.1 Å². The van der Waals surface area contributed by atoms with E-state index in [1.54, 1.807) is 17.7 Å². The molecule has 1 saturated carbocycles. The number of amides is 1. The van der Waals surface area contributed by atoms with Crippen molar-refractivity contribution in [3.63, 3.8) is 0 Å². The summed E-state index contributed by atoms with van der Waals surface area (Å²) in [6.45, 7) is 2.14. The van der Waals surface area contributed by atoms with Crippen molar-refractivity contribution >= 4 is 6.09 Å². The molecule has 1 aliphatic carbocycles. The predicted octanol–water partition coefficient (Wildman–Crippen LogP) is 5.20. The number of hydrogen-bond acceptors (Lipinski definition) is 5. The number of halogens is 3. The number of benzene rings is 1. The van der Waals surface area contributed by atoms with Crippen molar-refractivity contribution in [2.24, 2.45) is 5.92 Å². The van der Waals surface area contributed by atoms with Gasteiger partial charge in [0.2, 0.25) is 0 Å². The summed E-state index contributed by atoms with van der Waals surface area (Å²) in [5.74, 6) is -0.839. The molecular formula is C28H29F3N4O3. The number of aromatic nitrogens is 3. The Balaban J connectivity index is 1.36. The van der Waals surface area contributed by atoms with Crippen LogP contribution in [0.5, 0.6) is 0 Å². The molecule has 10 heteroatoms. The Kier molecular flexibility index (Phi) is 7.23.